The number of nitrogens with one attached hydrogen (secondary N) is 1. The van der Waals surface area contributed by atoms with Crippen LogP contribution in [0.1, 0.15) is 37.0 Å². The van der Waals surface area contributed by atoms with Crippen LogP contribution in [0.2, 0.25) is 0 Å². The molecule has 7 nitrogen and oxygen atoms in total. The number of benzene rings is 2. The Hall–Kier alpha value is -3.22. The van der Waals surface area contributed by atoms with Crippen molar-refractivity contribution in [1.82, 2.24) is 15.1 Å². The molecule has 0 radical (unpaired) electrons. The number of amides is 3. The second-order valence-electron chi connectivity index (χ2n) is 8.09. The number of hydrogen-bond donors (Lipinski definition) is 1. The molecule has 0 aromatic heterocycles. The fourth-order valence-electron chi connectivity index (χ4n) is 4.43. The van der Waals surface area contributed by atoms with Crippen LogP contribution in [-0.2, 0) is 11.3 Å². The van der Waals surface area contributed by atoms with Gasteiger partial charge >= 0.3 is 12.1 Å². The van der Waals surface area contributed by atoms with Gasteiger partial charge in [-0.25, -0.2) is 9.59 Å². The standard InChI is InChI=1S/C24H29N3O4/c1-17-22(19-6-4-3-5-7-19)31-24(29)27(17)20-12-14-26(15-13-20)23(28)25-16-18-8-10-21(30-2)11-9-18/h3-11,17,20,22H,12-16H2,1-2H3,(H,25,28). The van der Waals surface area contributed by atoms with E-state index in [0.29, 0.717) is 19.6 Å². The van der Waals surface area contributed by atoms with E-state index in [4.69, 9.17) is 9.47 Å². The Balaban J connectivity index is 1.28. The summed E-state index contributed by atoms with van der Waals surface area (Å²) < 4.78 is 10.8. The number of carbonyl (C=O) groups is 2. The number of methoxy groups -OCH3 is 1. The Labute approximate surface area is 182 Å². The molecule has 2 unspecified atom stereocenters. The fourth-order valence-corrected chi connectivity index (χ4v) is 4.43. The third kappa shape index (κ3) is 4.60. The lowest BCUT2D eigenvalue weighted by Crippen LogP contribution is -2.51. The van der Waals surface area contributed by atoms with E-state index in [-0.39, 0.29) is 30.3 Å². The lowest BCUT2D eigenvalue weighted by Gasteiger charge is -2.37. The summed E-state index contributed by atoms with van der Waals surface area (Å²) in [6.45, 7) is 3.74. The molecule has 1 N–H and O–H groups in total. The first kappa shape index (κ1) is 21.0. The summed E-state index contributed by atoms with van der Waals surface area (Å²) >= 11 is 0. The summed E-state index contributed by atoms with van der Waals surface area (Å²) in [5.74, 6) is 0.793. The summed E-state index contributed by atoms with van der Waals surface area (Å²) in [4.78, 5) is 28.8. The van der Waals surface area contributed by atoms with E-state index in [1.54, 1.807) is 7.11 Å². The van der Waals surface area contributed by atoms with Crippen LogP contribution in [0.15, 0.2) is 54.6 Å². The molecule has 2 aliphatic heterocycles. The lowest BCUT2D eigenvalue weighted by molar-refractivity contribution is 0.113. The minimum absolute atomic E-state index is 0.0321. The highest BCUT2D eigenvalue weighted by molar-refractivity contribution is 5.74. The highest BCUT2D eigenvalue weighted by atomic mass is 16.6. The number of ether oxygens (including phenoxy) is 2. The van der Waals surface area contributed by atoms with Crippen LogP contribution in [0.3, 0.4) is 0 Å². The van der Waals surface area contributed by atoms with Gasteiger partial charge in [-0.3, -0.25) is 4.90 Å². The zero-order valence-electron chi connectivity index (χ0n) is 18.0. The maximum absolute atomic E-state index is 12.6. The molecule has 2 aromatic carbocycles. The van der Waals surface area contributed by atoms with Gasteiger partial charge in [0.2, 0.25) is 0 Å². The molecule has 4 rings (SSSR count). The van der Waals surface area contributed by atoms with Crippen molar-refractivity contribution in [2.75, 3.05) is 20.2 Å². The zero-order chi connectivity index (χ0) is 21.8. The lowest BCUT2D eigenvalue weighted by atomic mass is 9.98. The summed E-state index contributed by atoms with van der Waals surface area (Å²) in [5, 5.41) is 2.98. The molecule has 0 saturated carbocycles. The molecule has 2 aromatic rings. The van der Waals surface area contributed by atoms with Crippen LogP contribution in [0, 0.1) is 0 Å². The quantitative estimate of drug-likeness (QED) is 0.791. The monoisotopic (exact) mass is 423 g/mol. The molecule has 2 aliphatic rings. The SMILES string of the molecule is COc1ccc(CNC(=O)N2CCC(N3C(=O)OC(c4ccccc4)C3C)CC2)cc1. The number of nitrogens with zero attached hydrogens (tertiary/aromatic N) is 2. The van der Waals surface area contributed by atoms with Crippen LogP contribution in [0.4, 0.5) is 9.59 Å². The molecule has 3 amide bonds. The molecule has 7 heteroatoms. The molecular formula is C24H29N3O4. The van der Waals surface area contributed by atoms with Gasteiger partial charge < -0.3 is 19.7 Å². The summed E-state index contributed by atoms with van der Waals surface area (Å²) in [7, 11) is 1.63. The number of hydrogen-bond acceptors (Lipinski definition) is 4. The third-order valence-corrected chi connectivity index (χ3v) is 6.19. The number of carbonyl (C=O) groups excluding carboxylic acids is 2. The second-order valence-corrected chi connectivity index (χ2v) is 8.09. The Morgan fingerprint density at radius 1 is 1.10 bits per heavy atom. The first-order chi connectivity index (χ1) is 15.1. The van der Waals surface area contributed by atoms with Crippen molar-refractivity contribution in [2.24, 2.45) is 0 Å². The van der Waals surface area contributed by atoms with Crippen molar-refractivity contribution in [3.63, 3.8) is 0 Å². The number of piperidine rings is 1. The van der Waals surface area contributed by atoms with Crippen molar-refractivity contribution < 1.29 is 19.1 Å². The molecule has 2 saturated heterocycles. The molecule has 0 spiro atoms. The number of cyclic esters (lactones) is 1. The molecule has 2 atom stereocenters. The van der Waals surface area contributed by atoms with E-state index < -0.39 is 0 Å². The van der Waals surface area contributed by atoms with Crippen LogP contribution >= 0.6 is 0 Å². The number of likely N-dealkylation sites (tertiary alicyclic amines) is 1. The van der Waals surface area contributed by atoms with E-state index in [9.17, 15) is 9.59 Å². The Morgan fingerprint density at radius 2 is 1.77 bits per heavy atom. The first-order valence-corrected chi connectivity index (χ1v) is 10.8. The molecule has 2 fully saturated rings. The second kappa shape index (κ2) is 9.29. The van der Waals surface area contributed by atoms with Gasteiger partial charge in [-0.05, 0) is 43.0 Å². The minimum Gasteiger partial charge on any atom is -0.497 e. The van der Waals surface area contributed by atoms with E-state index >= 15 is 0 Å². The van der Waals surface area contributed by atoms with Crippen molar-refractivity contribution in [2.45, 2.75) is 44.5 Å². The summed E-state index contributed by atoms with van der Waals surface area (Å²) in [6.07, 6.45) is 0.983. The van der Waals surface area contributed by atoms with Gasteiger partial charge in [-0.1, -0.05) is 42.5 Å². The van der Waals surface area contributed by atoms with Gasteiger partial charge in [0.1, 0.15) is 11.9 Å². The molecule has 2 heterocycles. The normalized spacial score (nSPS) is 21.7. The topological polar surface area (TPSA) is 71.1 Å². The fraction of sp³-hybridized carbons (Fsp3) is 0.417. The van der Waals surface area contributed by atoms with Gasteiger partial charge in [-0.15, -0.1) is 0 Å². The Kier molecular flexibility index (Phi) is 6.30. The molecule has 0 aliphatic carbocycles. The number of urea groups is 1. The average Bonchev–Trinajstić information content (AvgIpc) is 3.12. The maximum atomic E-state index is 12.6. The molecule has 0 bridgehead atoms. The smallest absolute Gasteiger partial charge is 0.411 e. The van der Waals surface area contributed by atoms with E-state index in [0.717, 1.165) is 29.7 Å². The van der Waals surface area contributed by atoms with E-state index in [2.05, 4.69) is 5.32 Å². The highest BCUT2D eigenvalue weighted by Crippen LogP contribution is 2.35. The number of rotatable bonds is 5. The third-order valence-electron chi connectivity index (χ3n) is 6.19. The largest absolute Gasteiger partial charge is 0.497 e. The Bertz CT molecular complexity index is 895. The van der Waals surface area contributed by atoms with Crippen LogP contribution in [0.5, 0.6) is 5.75 Å². The average molecular weight is 424 g/mol. The molecular weight excluding hydrogens is 394 g/mol. The van der Waals surface area contributed by atoms with Gasteiger partial charge in [0, 0.05) is 25.7 Å². The summed E-state index contributed by atoms with van der Waals surface area (Å²) in [5.41, 5.74) is 2.03. The predicted octanol–water partition coefficient (Wildman–Crippen LogP) is 3.95. The van der Waals surface area contributed by atoms with Crippen LogP contribution < -0.4 is 10.1 Å². The van der Waals surface area contributed by atoms with Crippen LogP contribution in [-0.4, -0.2) is 54.2 Å². The van der Waals surface area contributed by atoms with Crippen molar-refractivity contribution in [3.8, 4) is 5.75 Å². The van der Waals surface area contributed by atoms with Gasteiger partial charge in [0.05, 0.1) is 13.2 Å². The van der Waals surface area contributed by atoms with Gasteiger partial charge in [0.25, 0.3) is 0 Å². The Morgan fingerprint density at radius 3 is 2.42 bits per heavy atom. The van der Waals surface area contributed by atoms with E-state index in [1.165, 1.54) is 0 Å². The van der Waals surface area contributed by atoms with Crippen molar-refractivity contribution >= 4 is 12.1 Å². The predicted molar refractivity (Wildman–Crippen MR) is 117 cm³/mol. The van der Waals surface area contributed by atoms with Crippen LogP contribution in [0.25, 0.3) is 0 Å². The summed E-state index contributed by atoms with van der Waals surface area (Å²) in [6, 6.07) is 17.5. The highest BCUT2D eigenvalue weighted by Gasteiger charge is 2.44. The van der Waals surface area contributed by atoms with E-state index in [1.807, 2.05) is 71.3 Å². The van der Waals surface area contributed by atoms with Crippen molar-refractivity contribution in [1.29, 1.82) is 0 Å². The van der Waals surface area contributed by atoms with Crippen molar-refractivity contribution in [3.05, 3.63) is 65.7 Å². The van der Waals surface area contributed by atoms with Gasteiger partial charge in [-0.2, -0.15) is 0 Å². The first-order valence-electron chi connectivity index (χ1n) is 10.8. The molecule has 164 valence electrons. The van der Waals surface area contributed by atoms with Gasteiger partial charge in [0.15, 0.2) is 0 Å². The minimum atomic E-state index is -0.260. The zero-order valence-corrected chi connectivity index (χ0v) is 18.0. The maximum Gasteiger partial charge on any atom is 0.411 e. The molecule has 31 heavy (non-hydrogen) atoms.